The van der Waals surface area contributed by atoms with Crippen molar-refractivity contribution in [2.24, 2.45) is 0 Å². The second-order valence-electron chi connectivity index (χ2n) is 6.67. The number of sulfonamides is 1. The van der Waals surface area contributed by atoms with Crippen molar-refractivity contribution in [1.29, 1.82) is 0 Å². The van der Waals surface area contributed by atoms with E-state index in [4.69, 9.17) is 11.6 Å². The number of nitrogens with one attached hydrogen (secondary N) is 1. The number of benzene rings is 2. The predicted molar refractivity (Wildman–Crippen MR) is 111 cm³/mol. The molecule has 0 saturated heterocycles. The molecule has 0 aliphatic heterocycles. The lowest BCUT2D eigenvalue weighted by Crippen LogP contribution is -2.48. The summed E-state index contributed by atoms with van der Waals surface area (Å²) in [6, 6.07) is 11.9. The van der Waals surface area contributed by atoms with Gasteiger partial charge in [0.25, 0.3) is 0 Å². The summed E-state index contributed by atoms with van der Waals surface area (Å²) in [6.07, 6.45) is 1.75. The third-order valence-electron chi connectivity index (χ3n) is 4.46. The minimum atomic E-state index is -3.62. The van der Waals surface area contributed by atoms with Crippen LogP contribution < -0.4 is 9.62 Å². The molecule has 1 amide bonds. The van der Waals surface area contributed by atoms with Gasteiger partial charge >= 0.3 is 0 Å². The minimum Gasteiger partial charge on any atom is -0.354 e. The summed E-state index contributed by atoms with van der Waals surface area (Å²) >= 11 is 5.86. The van der Waals surface area contributed by atoms with E-state index in [2.05, 4.69) is 5.32 Å². The Kier molecular flexibility index (Phi) is 6.89. The molecule has 2 rings (SSSR count). The Hall–Kier alpha value is -2.05. The molecule has 0 fully saturated rings. The van der Waals surface area contributed by atoms with Crippen molar-refractivity contribution in [3.05, 3.63) is 64.2 Å². The molecule has 2 aromatic carbocycles. The molecule has 0 radical (unpaired) electrons. The molecule has 7 heteroatoms. The average Bonchev–Trinajstić information content (AvgIpc) is 2.58. The van der Waals surface area contributed by atoms with E-state index in [0.29, 0.717) is 23.7 Å². The van der Waals surface area contributed by atoms with Crippen molar-refractivity contribution in [3.8, 4) is 0 Å². The summed E-state index contributed by atoms with van der Waals surface area (Å²) in [5.41, 5.74) is 3.56. The molecule has 0 unspecified atom stereocenters. The third-order valence-corrected chi connectivity index (χ3v) is 5.95. The van der Waals surface area contributed by atoms with Crippen molar-refractivity contribution in [2.45, 2.75) is 33.2 Å². The molecular weight excluding hydrogens is 384 g/mol. The van der Waals surface area contributed by atoms with Gasteiger partial charge in [0.2, 0.25) is 15.9 Å². The number of rotatable bonds is 7. The molecule has 0 saturated carbocycles. The fraction of sp³-hybridized carbons (Fsp3) is 0.350. The van der Waals surface area contributed by atoms with Crippen molar-refractivity contribution < 1.29 is 13.2 Å². The van der Waals surface area contributed by atoms with Crippen LogP contribution >= 0.6 is 11.6 Å². The lowest BCUT2D eigenvalue weighted by Gasteiger charge is -2.28. The molecule has 0 aliphatic rings. The Morgan fingerprint density at radius 1 is 1.11 bits per heavy atom. The Balaban J connectivity index is 2.10. The number of anilines is 1. The van der Waals surface area contributed by atoms with Gasteiger partial charge in [-0.3, -0.25) is 9.10 Å². The van der Waals surface area contributed by atoms with E-state index in [0.717, 1.165) is 27.3 Å². The zero-order valence-electron chi connectivity index (χ0n) is 16.0. The minimum absolute atomic E-state index is 0.340. The molecule has 0 aliphatic carbocycles. The number of halogens is 1. The normalized spacial score (nSPS) is 12.5. The number of amides is 1. The fourth-order valence-electron chi connectivity index (χ4n) is 2.80. The van der Waals surface area contributed by atoms with Crippen LogP contribution in [0, 0.1) is 13.8 Å². The number of carbonyl (C=O) groups excluding carboxylic acids is 1. The van der Waals surface area contributed by atoms with Gasteiger partial charge in [0, 0.05) is 11.6 Å². The number of aryl methyl sites for hydroxylation is 2. The highest BCUT2D eigenvalue weighted by Gasteiger charge is 2.29. The quantitative estimate of drug-likeness (QED) is 0.762. The second-order valence-corrected chi connectivity index (χ2v) is 8.97. The molecule has 1 N–H and O–H groups in total. The Bertz CT molecular complexity index is 911. The van der Waals surface area contributed by atoms with Crippen LogP contribution in [0.5, 0.6) is 0 Å². The summed E-state index contributed by atoms with van der Waals surface area (Å²) in [7, 11) is -3.62. The molecule has 0 bridgehead atoms. The van der Waals surface area contributed by atoms with Crippen LogP contribution in [0.3, 0.4) is 0 Å². The number of nitrogens with zero attached hydrogens (tertiary/aromatic N) is 1. The molecule has 146 valence electrons. The molecule has 27 heavy (non-hydrogen) atoms. The van der Waals surface area contributed by atoms with Gasteiger partial charge < -0.3 is 5.32 Å². The summed E-state index contributed by atoms with van der Waals surface area (Å²) in [5, 5.41) is 3.48. The molecule has 0 spiro atoms. The SMILES string of the molecule is Cc1ccc(N([C@@H](C)C(=O)NCCc2ccc(Cl)cc2)S(C)(=O)=O)cc1C. The van der Waals surface area contributed by atoms with Crippen molar-refractivity contribution >= 4 is 33.2 Å². The Morgan fingerprint density at radius 2 is 1.74 bits per heavy atom. The smallest absolute Gasteiger partial charge is 0.243 e. The van der Waals surface area contributed by atoms with Gasteiger partial charge in [-0.2, -0.15) is 0 Å². The lowest BCUT2D eigenvalue weighted by molar-refractivity contribution is -0.121. The van der Waals surface area contributed by atoms with E-state index in [-0.39, 0.29) is 5.91 Å². The Labute approximate surface area is 166 Å². The van der Waals surface area contributed by atoms with E-state index in [9.17, 15) is 13.2 Å². The first kappa shape index (κ1) is 21.3. The summed E-state index contributed by atoms with van der Waals surface area (Å²) < 4.78 is 25.8. The van der Waals surface area contributed by atoms with Crippen LogP contribution in [0.2, 0.25) is 5.02 Å². The van der Waals surface area contributed by atoms with E-state index >= 15 is 0 Å². The Morgan fingerprint density at radius 3 is 2.30 bits per heavy atom. The molecule has 0 aromatic heterocycles. The highest BCUT2D eigenvalue weighted by Crippen LogP contribution is 2.23. The average molecular weight is 409 g/mol. The summed E-state index contributed by atoms with van der Waals surface area (Å²) in [5.74, 6) is -0.340. The standard InChI is InChI=1S/C20H25ClN2O3S/c1-14-5-10-19(13-15(14)2)23(27(4,25)26)16(3)20(24)22-12-11-17-6-8-18(21)9-7-17/h5-10,13,16H,11-12H2,1-4H3,(H,22,24)/t16-/m0/s1. The molecule has 5 nitrogen and oxygen atoms in total. The third kappa shape index (κ3) is 5.71. The van der Waals surface area contributed by atoms with E-state index in [1.54, 1.807) is 31.2 Å². The van der Waals surface area contributed by atoms with E-state index in [1.165, 1.54) is 0 Å². The summed E-state index contributed by atoms with van der Waals surface area (Å²) in [4.78, 5) is 12.6. The predicted octanol–water partition coefficient (Wildman–Crippen LogP) is 3.47. The first-order valence-electron chi connectivity index (χ1n) is 8.68. The highest BCUT2D eigenvalue weighted by atomic mass is 35.5. The van der Waals surface area contributed by atoms with Crippen LogP contribution in [0.1, 0.15) is 23.6 Å². The van der Waals surface area contributed by atoms with Crippen molar-refractivity contribution in [1.82, 2.24) is 5.32 Å². The van der Waals surface area contributed by atoms with E-state index < -0.39 is 16.1 Å². The number of hydrogen-bond donors (Lipinski definition) is 1. The maximum absolute atomic E-state index is 12.6. The zero-order valence-corrected chi connectivity index (χ0v) is 17.6. The largest absolute Gasteiger partial charge is 0.354 e. The van der Waals surface area contributed by atoms with Gasteiger partial charge in [-0.25, -0.2) is 8.42 Å². The summed E-state index contributed by atoms with van der Waals surface area (Å²) in [6.45, 7) is 5.87. The zero-order chi connectivity index (χ0) is 20.2. The van der Waals surface area contributed by atoms with Crippen LogP contribution in [0.4, 0.5) is 5.69 Å². The maximum atomic E-state index is 12.6. The molecular formula is C20H25ClN2O3S. The molecule has 0 heterocycles. The van der Waals surface area contributed by atoms with E-state index in [1.807, 2.05) is 32.0 Å². The second kappa shape index (κ2) is 8.76. The van der Waals surface area contributed by atoms with Crippen LogP contribution in [-0.2, 0) is 21.2 Å². The fourth-order valence-corrected chi connectivity index (χ4v) is 4.09. The number of carbonyl (C=O) groups is 1. The first-order valence-corrected chi connectivity index (χ1v) is 10.9. The van der Waals surface area contributed by atoms with Gasteiger partial charge in [0.15, 0.2) is 0 Å². The van der Waals surface area contributed by atoms with Gasteiger partial charge in [-0.1, -0.05) is 29.8 Å². The highest BCUT2D eigenvalue weighted by molar-refractivity contribution is 7.92. The number of hydrogen-bond acceptors (Lipinski definition) is 3. The topological polar surface area (TPSA) is 66.5 Å². The van der Waals surface area contributed by atoms with Gasteiger partial charge in [0.1, 0.15) is 6.04 Å². The van der Waals surface area contributed by atoms with Crippen molar-refractivity contribution in [3.63, 3.8) is 0 Å². The monoisotopic (exact) mass is 408 g/mol. The van der Waals surface area contributed by atoms with Gasteiger partial charge in [0.05, 0.1) is 11.9 Å². The molecule has 2 aromatic rings. The maximum Gasteiger partial charge on any atom is 0.243 e. The van der Waals surface area contributed by atoms with Crippen LogP contribution in [-0.4, -0.2) is 33.2 Å². The van der Waals surface area contributed by atoms with Crippen LogP contribution in [0.15, 0.2) is 42.5 Å². The molecule has 1 atom stereocenters. The van der Waals surface area contributed by atoms with Gasteiger partial charge in [-0.15, -0.1) is 0 Å². The lowest BCUT2D eigenvalue weighted by atomic mass is 10.1. The van der Waals surface area contributed by atoms with Crippen molar-refractivity contribution in [2.75, 3.05) is 17.1 Å². The first-order chi connectivity index (χ1) is 12.6. The van der Waals surface area contributed by atoms with Gasteiger partial charge in [-0.05, 0) is 68.1 Å². The van der Waals surface area contributed by atoms with Crippen LogP contribution in [0.25, 0.3) is 0 Å².